The van der Waals surface area contributed by atoms with Crippen molar-refractivity contribution in [1.29, 1.82) is 0 Å². The monoisotopic (exact) mass is 368 g/mol. The SMILES string of the molecule is C(=C\c1ccccc1)/CN1CCN(Cc2ccc(-c3ccccc3)cc2)CC1. The predicted octanol–water partition coefficient (Wildman–Crippen LogP) is 5.18. The molecule has 0 aliphatic carbocycles. The molecule has 1 saturated heterocycles. The Morgan fingerprint density at radius 1 is 0.607 bits per heavy atom. The zero-order valence-electron chi connectivity index (χ0n) is 16.4. The van der Waals surface area contributed by atoms with Crippen LogP contribution >= 0.6 is 0 Å². The molecule has 0 N–H and O–H groups in total. The molecule has 4 rings (SSSR count). The van der Waals surface area contributed by atoms with E-state index < -0.39 is 0 Å². The van der Waals surface area contributed by atoms with Gasteiger partial charge in [-0.15, -0.1) is 0 Å². The van der Waals surface area contributed by atoms with Crippen LogP contribution in [0, 0.1) is 0 Å². The van der Waals surface area contributed by atoms with Gasteiger partial charge in [0.1, 0.15) is 0 Å². The summed E-state index contributed by atoms with van der Waals surface area (Å²) in [4.78, 5) is 5.10. The number of hydrogen-bond acceptors (Lipinski definition) is 2. The van der Waals surface area contributed by atoms with Crippen LogP contribution in [0.2, 0.25) is 0 Å². The smallest absolute Gasteiger partial charge is 0.0234 e. The second-order valence-electron chi connectivity index (χ2n) is 7.45. The number of hydrogen-bond donors (Lipinski definition) is 0. The van der Waals surface area contributed by atoms with Crippen molar-refractivity contribution < 1.29 is 0 Å². The number of nitrogens with zero attached hydrogens (tertiary/aromatic N) is 2. The van der Waals surface area contributed by atoms with Crippen LogP contribution in [0.5, 0.6) is 0 Å². The zero-order chi connectivity index (χ0) is 19.0. The minimum atomic E-state index is 1.04. The molecule has 0 amide bonds. The van der Waals surface area contributed by atoms with E-state index in [0.29, 0.717) is 0 Å². The number of piperazine rings is 1. The van der Waals surface area contributed by atoms with Gasteiger partial charge in [-0.25, -0.2) is 0 Å². The van der Waals surface area contributed by atoms with Crippen molar-refractivity contribution in [1.82, 2.24) is 9.80 Å². The summed E-state index contributed by atoms with van der Waals surface area (Å²) in [5.41, 5.74) is 5.25. The molecule has 0 atom stereocenters. The Hall–Kier alpha value is -2.68. The van der Waals surface area contributed by atoms with Gasteiger partial charge in [0.2, 0.25) is 0 Å². The molecule has 1 aliphatic heterocycles. The fourth-order valence-corrected chi connectivity index (χ4v) is 3.72. The minimum absolute atomic E-state index is 1.04. The van der Waals surface area contributed by atoms with E-state index in [1.807, 2.05) is 0 Å². The third kappa shape index (κ3) is 5.19. The normalized spacial score (nSPS) is 15.9. The summed E-state index contributed by atoms with van der Waals surface area (Å²) in [6.45, 7) is 6.64. The van der Waals surface area contributed by atoms with E-state index >= 15 is 0 Å². The third-order valence-corrected chi connectivity index (χ3v) is 5.41. The molecule has 1 heterocycles. The maximum Gasteiger partial charge on any atom is 0.0234 e. The molecule has 0 radical (unpaired) electrons. The van der Waals surface area contributed by atoms with Crippen LogP contribution in [-0.2, 0) is 6.54 Å². The molecule has 2 nitrogen and oxygen atoms in total. The molecule has 1 aliphatic rings. The summed E-state index contributed by atoms with van der Waals surface area (Å²) in [6, 6.07) is 30.2. The second kappa shape index (κ2) is 9.50. The van der Waals surface area contributed by atoms with E-state index in [0.717, 1.165) is 39.3 Å². The summed E-state index contributed by atoms with van der Waals surface area (Å²) in [6.07, 6.45) is 4.51. The van der Waals surface area contributed by atoms with E-state index in [1.54, 1.807) is 0 Å². The fraction of sp³-hybridized carbons (Fsp3) is 0.231. The Kier molecular flexibility index (Phi) is 6.33. The highest BCUT2D eigenvalue weighted by Gasteiger charge is 2.15. The molecule has 2 heteroatoms. The molecule has 3 aromatic carbocycles. The quantitative estimate of drug-likeness (QED) is 0.591. The van der Waals surface area contributed by atoms with Crippen molar-refractivity contribution >= 4 is 6.08 Å². The summed E-state index contributed by atoms with van der Waals surface area (Å²) in [7, 11) is 0. The Labute approximate surface area is 168 Å². The molecule has 142 valence electrons. The van der Waals surface area contributed by atoms with Crippen LogP contribution < -0.4 is 0 Å². The van der Waals surface area contributed by atoms with Gasteiger partial charge in [0, 0.05) is 39.3 Å². The average molecular weight is 369 g/mol. The van der Waals surface area contributed by atoms with Crippen molar-refractivity contribution in [3.8, 4) is 11.1 Å². The summed E-state index contributed by atoms with van der Waals surface area (Å²) in [5, 5.41) is 0. The standard InChI is InChI=1S/C26H28N2/c1-3-8-23(9-4-1)10-7-17-27-18-20-28(21-19-27)22-24-13-15-26(16-14-24)25-11-5-2-6-12-25/h1-16H,17-22H2/b10-7+. The highest BCUT2D eigenvalue weighted by Crippen LogP contribution is 2.20. The third-order valence-electron chi connectivity index (χ3n) is 5.41. The second-order valence-corrected chi connectivity index (χ2v) is 7.45. The average Bonchev–Trinajstić information content (AvgIpc) is 2.77. The molecule has 0 aromatic heterocycles. The first kappa shape index (κ1) is 18.7. The highest BCUT2D eigenvalue weighted by atomic mass is 15.3. The van der Waals surface area contributed by atoms with Crippen LogP contribution in [0.3, 0.4) is 0 Å². The fourth-order valence-electron chi connectivity index (χ4n) is 3.72. The van der Waals surface area contributed by atoms with Crippen molar-refractivity contribution in [3.05, 3.63) is 102 Å². The van der Waals surface area contributed by atoms with E-state index in [4.69, 9.17) is 0 Å². The Balaban J connectivity index is 1.24. The van der Waals surface area contributed by atoms with Crippen molar-refractivity contribution in [2.45, 2.75) is 6.54 Å². The number of benzene rings is 3. The van der Waals surface area contributed by atoms with Gasteiger partial charge in [0.25, 0.3) is 0 Å². The Morgan fingerprint density at radius 3 is 1.86 bits per heavy atom. The van der Waals surface area contributed by atoms with E-state index in [2.05, 4.69) is 107 Å². The van der Waals surface area contributed by atoms with Gasteiger partial charge in [-0.3, -0.25) is 9.80 Å². The van der Waals surface area contributed by atoms with E-state index in [-0.39, 0.29) is 0 Å². The molecule has 0 unspecified atom stereocenters. The molecule has 1 fully saturated rings. The van der Waals surface area contributed by atoms with Gasteiger partial charge in [-0.1, -0.05) is 97.1 Å². The van der Waals surface area contributed by atoms with Crippen molar-refractivity contribution in [2.75, 3.05) is 32.7 Å². The lowest BCUT2D eigenvalue weighted by atomic mass is 10.0. The first-order valence-electron chi connectivity index (χ1n) is 10.2. The van der Waals surface area contributed by atoms with Crippen LogP contribution in [0.25, 0.3) is 17.2 Å². The molecule has 0 saturated carbocycles. The van der Waals surface area contributed by atoms with Gasteiger partial charge < -0.3 is 0 Å². The molecule has 3 aromatic rings. The van der Waals surface area contributed by atoms with Crippen LogP contribution in [-0.4, -0.2) is 42.5 Å². The molecular weight excluding hydrogens is 340 g/mol. The predicted molar refractivity (Wildman–Crippen MR) is 119 cm³/mol. The van der Waals surface area contributed by atoms with Crippen LogP contribution in [0.15, 0.2) is 91.0 Å². The van der Waals surface area contributed by atoms with Crippen molar-refractivity contribution in [3.63, 3.8) is 0 Å². The lowest BCUT2D eigenvalue weighted by Crippen LogP contribution is -2.45. The Morgan fingerprint density at radius 2 is 1.18 bits per heavy atom. The van der Waals surface area contributed by atoms with Gasteiger partial charge in [-0.05, 0) is 22.3 Å². The zero-order valence-corrected chi connectivity index (χ0v) is 16.4. The summed E-state index contributed by atoms with van der Waals surface area (Å²) < 4.78 is 0. The summed E-state index contributed by atoms with van der Waals surface area (Å²) in [5.74, 6) is 0. The highest BCUT2D eigenvalue weighted by molar-refractivity contribution is 5.63. The molecule has 0 bridgehead atoms. The van der Waals surface area contributed by atoms with Crippen LogP contribution in [0.1, 0.15) is 11.1 Å². The van der Waals surface area contributed by atoms with Crippen molar-refractivity contribution in [2.24, 2.45) is 0 Å². The Bertz CT molecular complexity index is 861. The molecular formula is C26H28N2. The lowest BCUT2D eigenvalue weighted by Gasteiger charge is -2.34. The topological polar surface area (TPSA) is 6.48 Å². The number of rotatable bonds is 6. The van der Waals surface area contributed by atoms with Crippen LogP contribution in [0.4, 0.5) is 0 Å². The maximum absolute atomic E-state index is 2.56. The first-order chi connectivity index (χ1) is 13.9. The van der Waals surface area contributed by atoms with E-state index in [1.165, 1.54) is 22.3 Å². The van der Waals surface area contributed by atoms with Gasteiger partial charge in [-0.2, -0.15) is 0 Å². The van der Waals surface area contributed by atoms with E-state index in [9.17, 15) is 0 Å². The minimum Gasteiger partial charge on any atom is -0.297 e. The van der Waals surface area contributed by atoms with Gasteiger partial charge in [0.15, 0.2) is 0 Å². The molecule has 28 heavy (non-hydrogen) atoms. The van der Waals surface area contributed by atoms with Gasteiger partial charge >= 0.3 is 0 Å². The lowest BCUT2D eigenvalue weighted by molar-refractivity contribution is 0.137. The summed E-state index contributed by atoms with van der Waals surface area (Å²) >= 11 is 0. The maximum atomic E-state index is 2.56. The first-order valence-corrected chi connectivity index (χ1v) is 10.2. The van der Waals surface area contributed by atoms with Gasteiger partial charge in [0.05, 0.1) is 0 Å². The largest absolute Gasteiger partial charge is 0.297 e. The molecule has 0 spiro atoms.